The van der Waals surface area contributed by atoms with Crippen molar-refractivity contribution in [2.75, 3.05) is 11.9 Å². The second-order valence-corrected chi connectivity index (χ2v) is 7.26. The minimum absolute atomic E-state index is 0.0165. The van der Waals surface area contributed by atoms with Crippen LogP contribution in [0.5, 0.6) is 0 Å². The zero-order valence-corrected chi connectivity index (χ0v) is 16.0. The molecule has 142 valence electrons. The number of nitrogens with zero attached hydrogens (tertiary/aromatic N) is 2. The fourth-order valence-corrected chi connectivity index (χ4v) is 4.03. The minimum atomic E-state index is -0.216. The number of carbonyl (C=O) groups excluding carboxylic acids is 1. The van der Waals surface area contributed by atoms with Crippen LogP contribution >= 0.6 is 0 Å². The Morgan fingerprint density at radius 3 is 2.52 bits per heavy atom. The van der Waals surface area contributed by atoms with Gasteiger partial charge in [0.25, 0.3) is 5.91 Å². The zero-order chi connectivity index (χ0) is 20.0. The standard InChI is InChI=1S/C25H19FN2O/c1-27-23-12-6-4-10-20(23)21(25(27)29)14-18-16-28(24-13-7-3-9-19(18)24)15-17-8-2-5-11-22(17)26/h2-14,16H,15H2,1H3/b21-14+. The lowest BCUT2D eigenvalue weighted by molar-refractivity contribution is -0.112. The van der Waals surface area contributed by atoms with Crippen LogP contribution in [-0.4, -0.2) is 17.5 Å². The summed E-state index contributed by atoms with van der Waals surface area (Å²) in [5, 5.41) is 1.04. The van der Waals surface area contributed by atoms with E-state index in [-0.39, 0.29) is 11.7 Å². The van der Waals surface area contributed by atoms with Crippen LogP contribution in [0.15, 0.2) is 79.0 Å². The third kappa shape index (κ3) is 2.85. The van der Waals surface area contributed by atoms with Crippen LogP contribution in [0.4, 0.5) is 10.1 Å². The van der Waals surface area contributed by atoms with Gasteiger partial charge in [-0.25, -0.2) is 4.39 Å². The van der Waals surface area contributed by atoms with E-state index in [1.54, 1.807) is 24.1 Å². The molecule has 0 N–H and O–H groups in total. The maximum absolute atomic E-state index is 14.2. The number of benzene rings is 3. The van der Waals surface area contributed by atoms with E-state index >= 15 is 0 Å². The van der Waals surface area contributed by atoms with Crippen LogP contribution in [-0.2, 0) is 11.3 Å². The molecule has 0 saturated heterocycles. The number of aromatic nitrogens is 1. The molecule has 5 rings (SSSR count). The number of hydrogen-bond acceptors (Lipinski definition) is 1. The second-order valence-electron chi connectivity index (χ2n) is 7.26. The van der Waals surface area contributed by atoms with Gasteiger partial charge in [0, 0.05) is 46.4 Å². The molecule has 1 aromatic heterocycles. The predicted molar refractivity (Wildman–Crippen MR) is 115 cm³/mol. The van der Waals surface area contributed by atoms with E-state index in [1.165, 1.54) is 6.07 Å². The van der Waals surface area contributed by atoms with E-state index in [0.717, 1.165) is 27.7 Å². The molecule has 0 unspecified atom stereocenters. The van der Waals surface area contributed by atoms with Crippen LogP contribution in [0.1, 0.15) is 16.7 Å². The molecule has 0 bridgehead atoms. The Hall–Kier alpha value is -3.66. The maximum Gasteiger partial charge on any atom is 0.258 e. The molecule has 1 aliphatic heterocycles. The molecule has 4 heteroatoms. The number of fused-ring (bicyclic) bond motifs is 2. The fraction of sp³-hybridized carbons (Fsp3) is 0.0800. The molecule has 0 aliphatic carbocycles. The van der Waals surface area contributed by atoms with Crippen LogP contribution < -0.4 is 4.90 Å². The highest BCUT2D eigenvalue weighted by Crippen LogP contribution is 2.37. The number of carbonyl (C=O) groups is 1. The molecular weight excluding hydrogens is 363 g/mol. The highest BCUT2D eigenvalue weighted by Gasteiger charge is 2.29. The number of hydrogen-bond donors (Lipinski definition) is 0. The van der Waals surface area contributed by atoms with E-state index in [4.69, 9.17) is 0 Å². The molecule has 0 spiro atoms. The summed E-state index contributed by atoms with van der Waals surface area (Å²) in [5.74, 6) is -0.233. The quantitative estimate of drug-likeness (QED) is 0.439. The summed E-state index contributed by atoms with van der Waals surface area (Å²) in [5.41, 5.74) is 5.12. The average molecular weight is 382 g/mol. The minimum Gasteiger partial charge on any atom is -0.342 e. The number of halogens is 1. The number of amides is 1. The van der Waals surface area contributed by atoms with Gasteiger partial charge >= 0.3 is 0 Å². The van der Waals surface area contributed by atoms with E-state index in [1.807, 2.05) is 71.4 Å². The number of rotatable bonds is 3. The normalized spacial score (nSPS) is 14.8. The van der Waals surface area contributed by atoms with Gasteiger partial charge in [-0.05, 0) is 24.3 Å². The number of para-hydroxylation sites is 2. The molecule has 0 atom stereocenters. The largest absolute Gasteiger partial charge is 0.342 e. The van der Waals surface area contributed by atoms with Crippen molar-refractivity contribution in [3.8, 4) is 0 Å². The topological polar surface area (TPSA) is 25.2 Å². The Labute approximate surface area is 168 Å². The van der Waals surface area contributed by atoms with Crippen molar-refractivity contribution in [3.63, 3.8) is 0 Å². The van der Waals surface area contributed by atoms with E-state index < -0.39 is 0 Å². The molecular formula is C25H19FN2O. The molecule has 29 heavy (non-hydrogen) atoms. The van der Waals surface area contributed by atoms with Crippen molar-refractivity contribution >= 4 is 34.1 Å². The van der Waals surface area contributed by atoms with Crippen molar-refractivity contribution in [1.82, 2.24) is 4.57 Å². The third-order valence-electron chi connectivity index (χ3n) is 5.51. The number of likely N-dealkylation sites (N-methyl/N-ethyl adjacent to an activating group) is 1. The SMILES string of the molecule is CN1C(=O)/C(=C/c2cn(Cc3ccccc3F)c3ccccc23)c2ccccc21. The Morgan fingerprint density at radius 1 is 0.931 bits per heavy atom. The Bertz CT molecular complexity index is 1280. The first-order chi connectivity index (χ1) is 14.1. The maximum atomic E-state index is 14.2. The smallest absolute Gasteiger partial charge is 0.258 e. The molecule has 3 aromatic carbocycles. The monoisotopic (exact) mass is 382 g/mol. The summed E-state index contributed by atoms with van der Waals surface area (Å²) in [4.78, 5) is 14.5. The first-order valence-electron chi connectivity index (χ1n) is 9.54. The predicted octanol–water partition coefficient (Wildman–Crippen LogP) is 5.35. The Balaban J connectivity index is 1.65. The summed E-state index contributed by atoms with van der Waals surface area (Å²) >= 11 is 0. The molecule has 0 saturated carbocycles. The summed E-state index contributed by atoms with van der Waals surface area (Å²) in [6, 6.07) is 22.6. The van der Waals surface area contributed by atoms with Gasteiger partial charge in [0.15, 0.2) is 0 Å². The highest BCUT2D eigenvalue weighted by molar-refractivity contribution is 6.36. The molecule has 1 amide bonds. The lowest BCUT2D eigenvalue weighted by atomic mass is 10.0. The van der Waals surface area contributed by atoms with Gasteiger partial charge < -0.3 is 9.47 Å². The first kappa shape index (κ1) is 17.4. The van der Waals surface area contributed by atoms with Gasteiger partial charge in [-0.2, -0.15) is 0 Å². The van der Waals surface area contributed by atoms with Crippen LogP contribution in [0, 0.1) is 5.82 Å². The second kappa shape index (κ2) is 6.74. The Kier molecular flexibility index (Phi) is 4.06. The van der Waals surface area contributed by atoms with Crippen LogP contribution in [0.3, 0.4) is 0 Å². The lowest BCUT2D eigenvalue weighted by Crippen LogP contribution is -2.20. The van der Waals surface area contributed by atoms with Gasteiger partial charge in [0.05, 0.1) is 12.2 Å². The van der Waals surface area contributed by atoms with Crippen LogP contribution in [0.2, 0.25) is 0 Å². The van der Waals surface area contributed by atoms with Crippen molar-refractivity contribution < 1.29 is 9.18 Å². The van der Waals surface area contributed by atoms with Crippen molar-refractivity contribution in [3.05, 3.63) is 102 Å². The van der Waals surface area contributed by atoms with E-state index in [2.05, 4.69) is 0 Å². The van der Waals surface area contributed by atoms with Crippen molar-refractivity contribution in [2.45, 2.75) is 6.54 Å². The summed E-state index contributed by atoms with van der Waals surface area (Å²) < 4.78 is 16.2. The van der Waals surface area contributed by atoms with Gasteiger partial charge in [0.2, 0.25) is 0 Å². The van der Waals surface area contributed by atoms with E-state index in [0.29, 0.717) is 17.7 Å². The third-order valence-corrected chi connectivity index (χ3v) is 5.51. The molecule has 2 heterocycles. The van der Waals surface area contributed by atoms with Gasteiger partial charge in [-0.3, -0.25) is 4.79 Å². The molecule has 3 nitrogen and oxygen atoms in total. The zero-order valence-electron chi connectivity index (χ0n) is 16.0. The molecule has 4 aromatic rings. The Morgan fingerprint density at radius 2 is 1.66 bits per heavy atom. The number of anilines is 1. The highest BCUT2D eigenvalue weighted by atomic mass is 19.1. The fourth-order valence-electron chi connectivity index (χ4n) is 4.03. The average Bonchev–Trinajstić information content (AvgIpc) is 3.21. The first-order valence-corrected chi connectivity index (χ1v) is 9.54. The molecule has 1 aliphatic rings. The molecule has 0 fully saturated rings. The molecule has 0 radical (unpaired) electrons. The van der Waals surface area contributed by atoms with Crippen molar-refractivity contribution in [1.29, 1.82) is 0 Å². The van der Waals surface area contributed by atoms with Gasteiger partial charge in [-0.1, -0.05) is 54.6 Å². The summed E-state index contributed by atoms with van der Waals surface area (Å²) in [6.07, 6.45) is 3.95. The summed E-state index contributed by atoms with van der Waals surface area (Å²) in [7, 11) is 1.80. The van der Waals surface area contributed by atoms with Gasteiger partial charge in [0.1, 0.15) is 5.82 Å². The van der Waals surface area contributed by atoms with Gasteiger partial charge in [-0.15, -0.1) is 0 Å². The lowest BCUT2D eigenvalue weighted by Gasteiger charge is -2.07. The van der Waals surface area contributed by atoms with Crippen molar-refractivity contribution in [2.24, 2.45) is 0 Å². The van der Waals surface area contributed by atoms with Crippen LogP contribution in [0.25, 0.3) is 22.6 Å². The summed E-state index contributed by atoms with van der Waals surface area (Å²) in [6.45, 7) is 0.431. The van der Waals surface area contributed by atoms with E-state index in [9.17, 15) is 9.18 Å².